The molecule has 1 saturated heterocycles. The third kappa shape index (κ3) is 4.52. The van der Waals surface area contributed by atoms with E-state index in [4.69, 9.17) is 9.47 Å². The maximum Gasteiger partial charge on any atom is 0.325 e. The summed E-state index contributed by atoms with van der Waals surface area (Å²) in [6, 6.07) is 5.15. The summed E-state index contributed by atoms with van der Waals surface area (Å²) in [4.78, 5) is 41.9. The molecule has 1 aliphatic carbocycles. The molecule has 1 aromatic carbocycles. The van der Waals surface area contributed by atoms with Crippen molar-refractivity contribution in [3.8, 4) is 11.5 Å². The molecule has 1 saturated carbocycles. The van der Waals surface area contributed by atoms with Crippen LogP contribution < -0.4 is 14.8 Å². The molecule has 0 unspecified atom stereocenters. The number of para-hydroxylation sites is 1. The summed E-state index contributed by atoms with van der Waals surface area (Å²) in [6.07, 6.45) is 3.02. The third-order valence-electron chi connectivity index (χ3n) is 7.35. The number of carbonyl (C=O) groups is 3. The number of imide groups is 1. The van der Waals surface area contributed by atoms with Gasteiger partial charge in [0.2, 0.25) is 5.91 Å². The van der Waals surface area contributed by atoms with Crippen LogP contribution in [0.4, 0.5) is 4.79 Å². The normalized spacial score (nSPS) is 24.7. The SMILES string of the molecule is CCN(Cc1cccc2c1OCCO2)C(=O)CN1C(=O)NC2(CCC(C(C)(C)C)CC2)C1=O. The summed E-state index contributed by atoms with van der Waals surface area (Å²) < 4.78 is 11.4. The van der Waals surface area contributed by atoms with Crippen molar-refractivity contribution >= 4 is 17.8 Å². The number of benzene rings is 1. The molecule has 3 aliphatic rings. The number of hydrogen-bond donors (Lipinski definition) is 1. The first kappa shape index (κ1) is 23.4. The van der Waals surface area contributed by atoms with E-state index >= 15 is 0 Å². The van der Waals surface area contributed by atoms with Crippen LogP contribution in [0.2, 0.25) is 0 Å². The quantitative estimate of drug-likeness (QED) is 0.685. The van der Waals surface area contributed by atoms with Crippen LogP contribution in [0.15, 0.2) is 18.2 Å². The van der Waals surface area contributed by atoms with Gasteiger partial charge in [-0.2, -0.15) is 0 Å². The van der Waals surface area contributed by atoms with Gasteiger partial charge in [-0.15, -0.1) is 0 Å². The molecule has 33 heavy (non-hydrogen) atoms. The Kier molecular flexibility index (Phi) is 6.29. The van der Waals surface area contributed by atoms with Crippen LogP contribution in [0.25, 0.3) is 0 Å². The molecule has 8 heteroatoms. The molecule has 1 spiro atoms. The minimum absolute atomic E-state index is 0.177. The van der Waals surface area contributed by atoms with Crippen LogP contribution in [0, 0.1) is 11.3 Å². The zero-order chi connectivity index (χ0) is 23.8. The fourth-order valence-corrected chi connectivity index (χ4v) is 5.21. The van der Waals surface area contributed by atoms with Crippen molar-refractivity contribution in [3.05, 3.63) is 23.8 Å². The van der Waals surface area contributed by atoms with Crippen LogP contribution in [0.3, 0.4) is 0 Å². The predicted molar refractivity (Wildman–Crippen MR) is 123 cm³/mol. The topological polar surface area (TPSA) is 88.2 Å². The van der Waals surface area contributed by atoms with Gasteiger partial charge in [-0.3, -0.25) is 14.5 Å². The molecule has 0 radical (unpaired) electrons. The molecular formula is C25H35N3O5. The highest BCUT2D eigenvalue weighted by Gasteiger charge is 2.53. The number of ether oxygens (including phenoxy) is 2. The van der Waals surface area contributed by atoms with Gasteiger partial charge >= 0.3 is 6.03 Å². The van der Waals surface area contributed by atoms with E-state index in [0.29, 0.717) is 56.6 Å². The van der Waals surface area contributed by atoms with Gasteiger partial charge in [0.05, 0.1) is 0 Å². The number of amides is 4. The number of fused-ring (bicyclic) bond motifs is 1. The summed E-state index contributed by atoms with van der Waals surface area (Å²) in [5, 5.41) is 2.92. The molecule has 180 valence electrons. The molecule has 1 N–H and O–H groups in total. The van der Waals surface area contributed by atoms with Crippen molar-refractivity contribution in [1.29, 1.82) is 0 Å². The minimum atomic E-state index is -0.861. The fraction of sp³-hybridized carbons (Fsp3) is 0.640. The summed E-state index contributed by atoms with van der Waals surface area (Å²) in [6.45, 7) is 10.0. The Bertz CT molecular complexity index is 930. The average molecular weight is 458 g/mol. The highest BCUT2D eigenvalue weighted by molar-refractivity contribution is 6.09. The van der Waals surface area contributed by atoms with Gasteiger partial charge in [0.1, 0.15) is 25.3 Å². The van der Waals surface area contributed by atoms with Gasteiger partial charge in [-0.25, -0.2) is 4.79 Å². The van der Waals surface area contributed by atoms with Crippen LogP contribution in [-0.2, 0) is 16.1 Å². The number of nitrogens with one attached hydrogen (secondary N) is 1. The number of rotatable bonds is 5. The lowest BCUT2D eigenvalue weighted by Crippen LogP contribution is -2.51. The van der Waals surface area contributed by atoms with Crippen molar-refractivity contribution in [1.82, 2.24) is 15.1 Å². The maximum atomic E-state index is 13.3. The number of nitrogens with zero attached hydrogens (tertiary/aromatic N) is 2. The first-order valence-corrected chi connectivity index (χ1v) is 11.9. The van der Waals surface area contributed by atoms with Crippen molar-refractivity contribution in [2.45, 2.75) is 65.5 Å². The Morgan fingerprint density at radius 2 is 1.88 bits per heavy atom. The van der Waals surface area contributed by atoms with Gasteiger partial charge < -0.3 is 19.7 Å². The van der Waals surface area contributed by atoms with E-state index in [9.17, 15) is 14.4 Å². The number of carbonyl (C=O) groups excluding carboxylic acids is 3. The van der Waals surface area contributed by atoms with Gasteiger partial charge in [0.15, 0.2) is 11.5 Å². The predicted octanol–water partition coefficient (Wildman–Crippen LogP) is 3.33. The van der Waals surface area contributed by atoms with E-state index in [-0.39, 0.29) is 23.8 Å². The van der Waals surface area contributed by atoms with Crippen LogP contribution >= 0.6 is 0 Å². The molecule has 8 nitrogen and oxygen atoms in total. The van der Waals surface area contributed by atoms with Crippen LogP contribution in [0.1, 0.15) is 58.9 Å². The van der Waals surface area contributed by atoms with E-state index in [1.807, 2.05) is 25.1 Å². The van der Waals surface area contributed by atoms with E-state index in [0.717, 1.165) is 23.3 Å². The van der Waals surface area contributed by atoms with Gasteiger partial charge in [-0.1, -0.05) is 32.9 Å². The molecule has 0 aromatic heterocycles. The van der Waals surface area contributed by atoms with Gasteiger partial charge in [0.25, 0.3) is 5.91 Å². The minimum Gasteiger partial charge on any atom is -0.486 e. The highest BCUT2D eigenvalue weighted by atomic mass is 16.6. The Morgan fingerprint density at radius 1 is 1.18 bits per heavy atom. The van der Waals surface area contributed by atoms with Gasteiger partial charge in [0, 0.05) is 18.7 Å². The molecule has 2 fully saturated rings. The average Bonchev–Trinajstić information content (AvgIpc) is 3.01. The second-order valence-electron chi connectivity index (χ2n) is 10.4. The maximum absolute atomic E-state index is 13.3. The van der Waals surface area contributed by atoms with Crippen molar-refractivity contribution in [3.63, 3.8) is 0 Å². The molecule has 4 amide bonds. The lowest BCUT2D eigenvalue weighted by Gasteiger charge is -2.40. The number of likely N-dealkylation sites (N-methyl/N-ethyl adjacent to an activating group) is 1. The van der Waals surface area contributed by atoms with Crippen LogP contribution in [0.5, 0.6) is 11.5 Å². The largest absolute Gasteiger partial charge is 0.486 e. The van der Waals surface area contributed by atoms with E-state index < -0.39 is 11.6 Å². The summed E-state index contributed by atoms with van der Waals surface area (Å²) in [7, 11) is 0. The van der Waals surface area contributed by atoms with Crippen LogP contribution in [-0.4, -0.2) is 59.5 Å². The van der Waals surface area contributed by atoms with E-state index in [1.165, 1.54) is 0 Å². The monoisotopic (exact) mass is 457 g/mol. The first-order chi connectivity index (χ1) is 15.6. The zero-order valence-electron chi connectivity index (χ0n) is 20.1. The zero-order valence-corrected chi connectivity index (χ0v) is 20.1. The first-order valence-electron chi connectivity index (χ1n) is 11.9. The third-order valence-corrected chi connectivity index (χ3v) is 7.35. The summed E-state index contributed by atoms with van der Waals surface area (Å²) >= 11 is 0. The molecule has 0 bridgehead atoms. The molecule has 2 aliphatic heterocycles. The molecule has 4 rings (SSSR count). The fourth-order valence-electron chi connectivity index (χ4n) is 5.21. The highest BCUT2D eigenvalue weighted by Crippen LogP contribution is 2.43. The lowest BCUT2D eigenvalue weighted by atomic mass is 9.67. The number of urea groups is 1. The second-order valence-corrected chi connectivity index (χ2v) is 10.4. The van der Waals surface area contributed by atoms with Gasteiger partial charge in [-0.05, 0) is 50.0 Å². The van der Waals surface area contributed by atoms with E-state index in [2.05, 4.69) is 26.1 Å². The Labute approximate surface area is 195 Å². The summed E-state index contributed by atoms with van der Waals surface area (Å²) in [5.74, 6) is 1.31. The second kappa shape index (κ2) is 8.88. The smallest absolute Gasteiger partial charge is 0.325 e. The Hall–Kier alpha value is -2.77. The standard InChI is InChI=1S/C25H35N3O5/c1-5-27(15-17-7-6-8-19-21(17)33-14-13-32-19)20(29)16-28-22(30)25(26-23(28)31)11-9-18(10-12-25)24(2,3)4/h6-8,18H,5,9-16H2,1-4H3,(H,26,31). The molecule has 2 heterocycles. The lowest BCUT2D eigenvalue weighted by molar-refractivity contribution is -0.140. The van der Waals surface area contributed by atoms with Crippen molar-refractivity contribution < 1.29 is 23.9 Å². The molecule has 0 atom stereocenters. The Balaban J connectivity index is 1.42. The number of hydrogen-bond acceptors (Lipinski definition) is 5. The van der Waals surface area contributed by atoms with Crippen molar-refractivity contribution in [2.75, 3.05) is 26.3 Å². The van der Waals surface area contributed by atoms with E-state index in [1.54, 1.807) is 4.90 Å². The Morgan fingerprint density at radius 3 is 2.55 bits per heavy atom. The molecular weight excluding hydrogens is 422 g/mol. The summed E-state index contributed by atoms with van der Waals surface area (Å²) in [5.41, 5.74) is 0.159. The van der Waals surface area contributed by atoms with Crippen molar-refractivity contribution in [2.24, 2.45) is 11.3 Å². The molecule has 1 aromatic rings.